The first-order valence-electron chi connectivity index (χ1n) is 5.94. The van der Waals surface area contributed by atoms with Crippen molar-refractivity contribution in [2.75, 3.05) is 11.1 Å². The first kappa shape index (κ1) is 11.3. The largest absolute Gasteiger partial charge is 0.507 e. The van der Waals surface area contributed by atoms with Crippen LogP contribution in [-0.2, 0) is 0 Å². The van der Waals surface area contributed by atoms with Crippen molar-refractivity contribution < 1.29 is 5.11 Å². The number of rotatable bonds is 2. The highest BCUT2D eigenvalue weighted by Gasteiger charge is 2.06. The van der Waals surface area contributed by atoms with E-state index in [0.717, 1.165) is 16.5 Å². The normalized spacial score (nSPS) is 10.5. The Labute approximate surface area is 110 Å². The lowest BCUT2D eigenvalue weighted by Gasteiger charge is -2.11. The molecule has 0 bridgehead atoms. The smallest absolute Gasteiger partial charge is 0.153 e. The molecule has 4 N–H and O–H groups in total. The van der Waals surface area contributed by atoms with Crippen LogP contribution in [0.15, 0.2) is 54.7 Å². The van der Waals surface area contributed by atoms with Crippen molar-refractivity contribution >= 4 is 28.0 Å². The molecule has 4 nitrogen and oxygen atoms in total. The standard InChI is InChI=1S/C15H13N3O/c16-12-6-3-9-17-15(12)18-13-7-1-5-11-10(13)4-2-8-14(11)19/h1-9,19H,16H2,(H,17,18). The summed E-state index contributed by atoms with van der Waals surface area (Å²) < 4.78 is 0. The van der Waals surface area contributed by atoms with Crippen LogP contribution < -0.4 is 11.1 Å². The molecule has 0 aliphatic heterocycles. The van der Waals surface area contributed by atoms with E-state index in [-0.39, 0.29) is 5.75 Å². The molecule has 4 heteroatoms. The number of phenols is 1. The van der Waals surface area contributed by atoms with Gasteiger partial charge in [-0.25, -0.2) is 4.98 Å². The fraction of sp³-hybridized carbons (Fsp3) is 0. The maximum atomic E-state index is 9.85. The molecule has 0 atom stereocenters. The highest BCUT2D eigenvalue weighted by molar-refractivity contribution is 5.98. The van der Waals surface area contributed by atoms with Crippen molar-refractivity contribution in [3.05, 3.63) is 54.7 Å². The molecule has 0 aliphatic carbocycles. The van der Waals surface area contributed by atoms with Crippen molar-refractivity contribution in [3.63, 3.8) is 0 Å². The molecular weight excluding hydrogens is 238 g/mol. The van der Waals surface area contributed by atoms with Crippen molar-refractivity contribution in [2.24, 2.45) is 0 Å². The van der Waals surface area contributed by atoms with E-state index in [1.165, 1.54) is 0 Å². The van der Waals surface area contributed by atoms with Crippen LogP contribution >= 0.6 is 0 Å². The molecule has 0 saturated heterocycles. The predicted molar refractivity (Wildman–Crippen MR) is 77.5 cm³/mol. The molecular formula is C15H13N3O. The molecule has 0 spiro atoms. The van der Waals surface area contributed by atoms with Gasteiger partial charge in [-0.3, -0.25) is 0 Å². The monoisotopic (exact) mass is 251 g/mol. The van der Waals surface area contributed by atoms with E-state index in [4.69, 9.17) is 5.73 Å². The molecule has 0 radical (unpaired) electrons. The van der Waals surface area contributed by atoms with Crippen LogP contribution in [0.5, 0.6) is 5.75 Å². The summed E-state index contributed by atoms with van der Waals surface area (Å²) in [6, 6.07) is 14.7. The number of hydrogen-bond donors (Lipinski definition) is 3. The minimum atomic E-state index is 0.259. The molecule has 3 rings (SSSR count). The number of benzene rings is 2. The van der Waals surface area contributed by atoms with E-state index in [0.29, 0.717) is 11.5 Å². The summed E-state index contributed by atoms with van der Waals surface area (Å²) in [7, 11) is 0. The number of nitrogens with zero attached hydrogens (tertiary/aromatic N) is 1. The van der Waals surface area contributed by atoms with Gasteiger partial charge >= 0.3 is 0 Å². The van der Waals surface area contributed by atoms with Gasteiger partial charge in [-0.05, 0) is 24.3 Å². The van der Waals surface area contributed by atoms with Gasteiger partial charge in [0.1, 0.15) is 5.75 Å². The zero-order chi connectivity index (χ0) is 13.2. The number of aromatic nitrogens is 1. The zero-order valence-electron chi connectivity index (χ0n) is 10.2. The minimum absolute atomic E-state index is 0.259. The fourth-order valence-electron chi connectivity index (χ4n) is 2.05. The van der Waals surface area contributed by atoms with E-state index in [1.807, 2.05) is 30.3 Å². The summed E-state index contributed by atoms with van der Waals surface area (Å²) in [4.78, 5) is 4.20. The molecule has 0 aliphatic rings. The Morgan fingerprint density at radius 1 is 0.947 bits per heavy atom. The molecule has 3 aromatic rings. The summed E-state index contributed by atoms with van der Waals surface area (Å²) >= 11 is 0. The van der Waals surface area contributed by atoms with Crippen molar-refractivity contribution in [2.45, 2.75) is 0 Å². The first-order chi connectivity index (χ1) is 9.25. The molecule has 94 valence electrons. The third-order valence-electron chi connectivity index (χ3n) is 2.99. The number of nitrogen functional groups attached to an aromatic ring is 1. The number of nitrogens with one attached hydrogen (secondary N) is 1. The SMILES string of the molecule is Nc1cccnc1Nc1cccc2c(O)cccc12. The predicted octanol–water partition coefficient (Wildman–Crippen LogP) is 3.27. The summed E-state index contributed by atoms with van der Waals surface area (Å²) in [5.41, 5.74) is 7.31. The van der Waals surface area contributed by atoms with Gasteiger partial charge in [0.2, 0.25) is 0 Å². The van der Waals surface area contributed by atoms with Crippen LogP contribution in [0.1, 0.15) is 0 Å². The lowest BCUT2D eigenvalue weighted by molar-refractivity contribution is 0.481. The van der Waals surface area contributed by atoms with Crippen LogP contribution in [0.4, 0.5) is 17.2 Å². The number of pyridine rings is 1. The van der Waals surface area contributed by atoms with Gasteiger partial charge in [-0.15, -0.1) is 0 Å². The molecule has 0 fully saturated rings. The summed E-state index contributed by atoms with van der Waals surface area (Å²) in [6.07, 6.45) is 1.68. The Balaban J connectivity index is 2.12. The van der Waals surface area contributed by atoms with Gasteiger partial charge in [0.15, 0.2) is 5.82 Å². The Kier molecular flexibility index (Phi) is 2.68. The van der Waals surface area contributed by atoms with Crippen LogP contribution in [0, 0.1) is 0 Å². The van der Waals surface area contributed by atoms with E-state index in [2.05, 4.69) is 10.3 Å². The topological polar surface area (TPSA) is 71.2 Å². The molecule has 0 unspecified atom stereocenters. The van der Waals surface area contributed by atoms with Crippen LogP contribution in [0.3, 0.4) is 0 Å². The highest BCUT2D eigenvalue weighted by atomic mass is 16.3. The first-order valence-corrected chi connectivity index (χ1v) is 5.94. The lowest BCUT2D eigenvalue weighted by atomic mass is 10.1. The minimum Gasteiger partial charge on any atom is -0.507 e. The van der Waals surface area contributed by atoms with E-state index in [1.54, 1.807) is 24.4 Å². The Morgan fingerprint density at radius 2 is 1.74 bits per heavy atom. The summed E-state index contributed by atoms with van der Waals surface area (Å²) in [5, 5.41) is 14.8. The number of phenolic OH excluding ortho intramolecular Hbond substituents is 1. The zero-order valence-corrected chi connectivity index (χ0v) is 10.2. The molecule has 19 heavy (non-hydrogen) atoms. The number of nitrogens with two attached hydrogens (primary N) is 1. The second-order valence-corrected chi connectivity index (χ2v) is 4.24. The average molecular weight is 251 g/mol. The van der Waals surface area contributed by atoms with Crippen LogP contribution in [0.2, 0.25) is 0 Å². The van der Waals surface area contributed by atoms with Crippen molar-refractivity contribution in [3.8, 4) is 5.75 Å². The number of hydrogen-bond acceptors (Lipinski definition) is 4. The second kappa shape index (κ2) is 4.49. The molecule has 1 aromatic heterocycles. The number of fused-ring (bicyclic) bond motifs is 1. The van der Waals surface area contributed by atoms with Gasteiger partial charge in [-0.2, -0.15) is 0 Å². The van der Waals surface area contributed by atoms with Crippen molar-refractivity contribution in [1.82, 2.24) is 4.98 Å². The third kappa shape index (κ3) is 2.04. The van der Waals surface area contributed by atoms with Gasteiger partial charge in [-0.1, -0.05) is 24.3 Å². The number of aromatic hydroxyl groups is 1. The molecule has 0 saturated carbocycles. The lowest BCUT2D eigenvalue weighted by Crippen LogP contribution is -1.98. The van der Waals surface area contributed by atoms with E-state index in [9.17, 15) is 5.11 Å². The van der Waals surface area contributed by atoms with E-state index >= 15 is 0 Å². The Morgan fingerprint density at radius 3 is 2.58 bits per heavy atom. The average Bonchev–Trinajstić information content (AvgIpc) is 2.42. The third-order valence-corrected chi connectivity index (χ3v) is 2.99. The fourth-order valence-corrected chi connectivity index (χ4v) is 2.05. The quantitative estimate of drug-likeness (QED) is 0.653. The maximum absolute atomic E-state index is 9.85. The molecule has 0 amide bonds. The van der Waals surface area contributed by atoms with Gasteiger partial charge in [0.05, 0.1) is 5.69 Å². The van der Waals surface area contributed by atoms with E-state index < -0.39 is 0 Å². The molecule has 2 aromatic carbocycles. The van der Waals surface area contributed by atoms with Crippen molar-refractivity contribution in [1.29, 1.82) is 0 Å². The Hall–Kier alpha value is -2.75. The van der Waals surface area contributed by atoms with Gasteiger partial charge < -0.3 is 16.2 Å². The Bertz CT molecular complexity index is 740. The molecule has 1 heterocycles. The summed E-state index contributed by atoms with van der Waals surface area (Å²) in [6.45, 7) is 0. The number of anilines is 3. The maximum Gasteiger partial charge on any atom is 0.153 e. The van der Waals surface area contributed by atoms with Gasteiger partial charge in [0.25, 0.3) is 0 Å². The van der Waals surface area contributed by atoms with Gasteiger partial charge in [0, 0.05) is 22.7 Å². The summed E-state index contributed by atoms with van der Waals surface area (Å²) in [5.74, 6) is 0.869. The second-order valence-electron chi connectivity index (χ2n) is 4.24. The highest BCUT2D eigenvalue weighted by Crippen LogP contribution is 2.31. The van der Waals surface area contributed by atoms with Crippen LogP contribution in [0.25, 0.3) is 10.8 Å². The van der Waals surface area contributed by atoms with Crippen LogP contribution in [-0.4, -0.2) is 10.1 Å².